The van der Waals surface area contributed by atoms with Crippen LogP contribution in [0, 0.1) is 6.92 Å². The highest BCUT2D eigenvalue weighted by molar-refractivity contribution is 6.27. The lowest BCUT2D eigenvalue weighted by molar-refractivity contribution is 0.602. The van der Waals surface area contributed by atoms with Crippen molar-refractivity contribution in [3.05, 3.63) is 187 Å². The van der Waals surface area contributed by atoms with Crippen LogP contribution in [0.4, 0.5) is 0 Å². The first kappa shape index (κ1) is 30.0. The highest BCUT2D eigenvalue weighted by Gasteiger charge is 2.27. The van der Waals surface area contributed by atoms with E-state index in [1.165, 1.54) is 21.8 Å². The second-order valence-corrected chi connectivity index (χ2v) is 13.4. The number of benzene rings is 7. The third-order valence-corrected chi connectivity index (χ3v) is 10.4. The van der Waals surface area contributed by atoms with Crippen LogP contribution < -0.4 is 0 Å². The Morgan fingerprint density at radius 3 is 1.85 bits per heavy atom. The number of aryl methyl sites for hydroxylation is 1. The molecular formula is C49H33NO2. The van der Waals surface area contributed by atoms with Crippen LogP contribution in [0.5, 0.6) is 0 Å². The van der Waals surface area contributed by atoms with Crippen LogP contribution in [-0.4, -0.2) is 4.57 Å². The van der Waals surface area contributed by atoms with Gasteiger partial charge in [0.05, 0.1) is 11.0 Å². The minimum Gasteiger partial charge on any atom is -0.456 e. The second kappa shape index (κ2) is 11.9. The summed E-state index contributed by atoms with van der Waals surface area (Å²) in [6.45, 7) is 6.68. The Morgan fingerprint density at radius 1 is 0.558 bits per heavy atom. The van der Waals surface area contributed by atoms with Crippen molar-refractivity contribution in [2.75, 3.05) is 0 Å². The smallest absolute Gasteiger partial charge is 0.144 e. The normalized spacial score (nSPS) is 11.9. The molecule has 0 aliphatic rings. The van der Waals surface area contributed by atoms with E-state index in [2.05, 4.69) is 164 Å². The fourth-order valence-corrected chi connectivity index (χ4v) is 7.92. The molecule has 0 amide bonds. The summed E-state index contributed by atoms with van der Waals surface area (Å²) in [5, 5.41) is 5.63. The SMILES string of the molecule is C=C(/C=C\c1oc2c(-c3ccccc3)c(-c3ccccc3)c3oc4ccccc4c3c2c1C)c1ccc2c(c1)c1ccccc1n2-c1ccccc1. The van der Waals surface area contributed by atoms with E-state index < -0.39 is 0 Å². The average molecular weight is 668 g/mol. The van der Waals surface area contributed by atoms with E-state index in [4.69, 9.17) is 8.83 Å². The summed E-state index contributed by atoms with van der Waals surface area (Å²) in [5.74, 6) is 0.798. The van der Waals surface area contributed by atoms with Crippen LogP contribution in [0.3, 0.4) is 0 Å². The number of hydrogen-bond acceptors (Lipinski definition) is 2. The van der Waals surface area contributed by atoms with Crippen LogP contribution in [0.25, 0.3) is 94.3 Å². The third kappa shape index (κ3) is 4.60. The van der Waals surface area contributed by atoms with E-state index in [1.54, 1.807) is 0 Å². The third-order valence-electron chi connectivity index (χ3n) is 10.4. The van der Waals surface area contributed by atoms with Crippen molar-refractivity contribution in [2.24, 2.45) is 0 Å². The molecule has 0 saturated carbocycles. The number of allylic oxidation sites excluding steroid dienone is 2. The number of para-hydroxylation sites is 3. The van der Waals surface area contributed by atoms with Gasteiger partial charge >= 0.3 is 0 Å². The zero-order valence-corrected chi connectivity index (χ0v) is 28.6. The fourth-order valence-electron chi connectivity index (χ4n) is 7.92. The maximum atomic E-state index is 6.97. The topological polar surface area (TPSA) is 31.2 Å². The van der Waals surface area contributed by atoms with Gasteiger partial charge in [0.25, 0.3) is 0 Å². The molecule has 7 aromatic carbocycles. The Labute approximate surface area is 301 Å². The minimum absolute atomic E-state index is 0.798. The Kier molecular flexibility index (Phi) is 6.87. The van der Waals surface area contributed by atoms with E-state index in [-0.39, 0.29) is 0 Å². The zero-order chi connectivity index (χ0) is 34.8. The molecule has 3 heterocycles. The second-order valence-electron chi connectivity index (χ2n) is 13.4. The monoisotopic (exact) mass is 667 g/mol. The largest absolute Gasteiger partial charge is 0.456 e. The molecule has 3 aromatic heterocycles. The lowest BCUT2D eigenvalue weighted by Crippen LogP contribution is -1.92. The van der Waals surface area contributed by atoms with E-state index in [0.717, 1.165) is 83.3 Å². The minimum atomic E-state index is 0.798. The molecule has 52 heavy (non-hydrogen) atoms. The Balaban J connectivity index is 1.16. The molecule has 0 spiro atoms. The number of fused-ring (bicyclic) bond motifs is 8. The van der Waals surface area contributed by atoms with Crippen LogP contribution >= 0.6 is 0 Å². The van der Waals surface area contributed by atoms with Crippen molar-refractivity contribution in [3.63, 3.8) is 0 Å². The summed E-state index contributed by atoms with van der Waals surface area (Å²) in [7, 11) is 0. The first-order valence-corrected chi connectivity index (χ1v) is 17.6. The van der Waals surface area contributed by atoms with Crippen molar-refractivity contribution in [2.45, 2.75) is 6.92 Å². The molecule has 0 saturated heterocycles. The van der Waals surface area contributed by atoms with Crippen molar-refractivity contribution >= 4 is 66.4 Å². The van der Waals surface area contributed by atoms with E-state index in [1.807, 2.05) is 24.3 Å². The Hall–Kier alpha value is -6.84. The molecule has 10 aromatic rings. The number of hydrogen-bond donors (Lipinski definition) is 0. The van der Waals surface area contributed by atoms with Gasteiger partial charge in [-0.2, -0.15) is 0 Å². The predicted octanol–water partition coefficient (Wildman–Crippen LogP) is 13.8. The zero-order valence-electron chi connectivity index (χ0n) is 28.6. The lowest BCUT2D eigenvalue weighted by atomic mass is 9.89. The van der Waals surface area contributed by atoms with Gasteiger partial charge in [-0.05, 0) is 71.7 Å². The summed E-state index contributed by atoms with van der Waals surface area (Å²) in [4.78, 5) is 0. The van der Waals surface area contributed by atoms with Gasteiger partial charge in [0, 0.05) is 49.3 Å². The molecular weight excluding hydrogens is 635 g/mol. The lowest BCUT2D eigenvalue weighted by Gasteiger charge is -2.13. The number of furan rings is 2. The first-order valence-electron chi connectivity index (χ1n) is 17.6. The highest BCUT2D eigenvalue weighted by Crippen LogP contribution is 2.50. The van der Waals surface area contributed by atoms with Gasteiger partial charge in [-0.25, -0.2) is 0 Å². The van der Waals surface area contributed by atoms with Crippen molar-refractivity contribution in [1.82, 2.24) is 4.57 Å². The molecule has 0 aliphatic carbocycles. The maximum absolute atomic E-state index is 6.97. The molecule has 3 heteroatoms. The Bertz CT molecular complexity index is 3010. The van der Waals surface area contributed by atoms with Crippen LogP contribution in [0.15, 0.2) is 179 Å². The van der Waals surface area contributed by atoms with E-state index >= 15 is 0 Å². The molecule has 3 nitrogen and oxygen atoms in total. The van der Waals surface area contributed by atoms with Gasteiger partial charge in [-0.1, -0.05) is 134 Å². The fraction of sp³-hybridized carbons (Fsp3) is 0.0204. The van der Waals surface area contributed by atoms with Crippen LogP contribution in [0.1, 0.15) is 16.9 Å². The van der Waals surface area contributed by atoms with Crippen LogP contribution in [-0.2, 0) is 0 Å². The van der Waals surface area contributed by atoms with Gasteiger partial charge in [-0.15, -0.1) is 0 Å². The quantitative estimate of drug-likeness (QED) is 0.165. The highest BCUT2D eigenvalue weighted by atomic mass is 16.3. The molecule has 0 bridgehead atoms. The van der Waals surface area contributed by atoms with Gasteiger partial charge in [0.1, 0.15) is 22.5 Å². The van der Waals surface area contributed by atoms with Crippen molar-refractivity contribution < 1.29 is 8.83 Å². The maximum Gasteiger partial charge on any atom is 0.144 e. The predicted molar refractivity (Wildman–Crippen MR) is 218 cm³/mol. The molecule has 0 fully saturated rings. The van der Waals surface area contributed by atoms with Gasteiger partial charge in [0.15, 0.2) is 0 Å². The number of aromatic nitrogens is 1. The first-order chi connectivity index (χ1) is 25.7. The summed E-state index contributed by atoms with van der Waals surface area (Å²) in [6.07, 6.45) is 4.15. The van der Waals surface area contributed by atoms with Crippen LogP contribution in [0.2, 0.25) is 0 Å². The molecule has 0 unspecified atom stereocenters. The molecule has 0 aliphatic heterocycles. The number of nitrogens with zero attached hydrogens (tertiary/aromatic N) is 1. The average Bonchev–Trinajstić information content (AvgIpc) is 3.86. The molecule has 10 rings (SSSR count). The van der Waals surface area contributed by atoms with Gasteiger partial charge in [-0.3, -0.25) is 0 Å². The standard InChI is InChI=1S/C49H33NO2/c1-31(35-27-28-41-39(30-35)37-22-12-14-24-40(37)50(41)36-20-10-5-11-21-36)26-29-42-32(2)44-47-38-23-13-15-25-43(38)52-49(47)46(34-18-8-4-9-19-34)45(48(44)51-42)33-16-6-3-7-17-33/h3-30H,1H2,2H3/b29-26-. The van der Waals surface area contributed by atoms with E-state index in [9.17, 15) is 0 Å². The van der Waals surface area contributed by atoms with Crippen molar-refractivity contribution in [3.8, 4) is 27.9 Å². The summed E-state index contributed by atoms with van der Waals surface area (Å²) < 4.78 is 16.0. The van der Waals surface area contributed by atoms with E-state index in [0.29, 0.717) is 0 Å². The molecule has 0 atom stereocenters. The molecule has 0 radical (unpaired) electrons. The summed E-state index contributed by atoms with van der Waals surface area (Å²) >= 11 is 0. The summed E-state index contributed by atoms with van der Waals surface area (Å²) in [6, 6.07) is 55.1. The number of rotatable bonds is 6. The molecule has 0 N–H and O–H groups in total. The summed E-state index contributed by atoms with van der Waals surface area (Å²) in [5.41, 5.74) is 13.3. The molecule has 246 valence electrons. The van der Waals surface area contributed by atoms with Gasteiger partial charge in [0.2, 0.25) is 0 Å². The Morgan fingerprint density at radius 2 is 1.13 bits per heavy atom. The van der Waals surface area contributed by atoms with Gasteiger partial charge < -0.3 is 13.4 Å². The van der Waals surface area contributed by atoms with Crippen molar-refractivity contribution in [1.29, 1.82) is 0 Å².